The number of rotatable bonds is 4. The van der Waals surface area contributed by atoms with Crippen LogP contribution in [0.25, 0.3) is 0 Å². The van der Waals surface area contributed by atoms with E-state index in [1.807, 2.05) is 13.8 Å². The van der Waals surface area contributed by atoms with Crippen molar-refractivity contribution in [3.8, 4) is 11.5 Å². The van der Waals surface area contributed by atoms with E-state index < -0.39 is 0 Å². The molecule has 5 nitrogen and oxygen atoms in total. The average molecular weight is 292 g/mol. The fourth-order valence-electron chi connectivity index (χ4n) is 2.73. The third-order valence-corrected chi connectivity index (χ3v) is 4.04. The lowest BCUT2D eigenvalue weighted by atomic mass is 9.96. The van der Waals surface area contributed by atoms with Gasteiger partial charge in [0, 0.05) is 12.6 Å². The number of nitrogens with zero attached hydrogens (tertiary/aromatic N) is 1. The predicted octanol–water partition coefficient (Wildman–Crippen LogP) is 1.95. The number of nitrogens with one attached hydrogen (secondary N) is 1. The van der Waals surface area contributed by atoms with E-state index in [-0.39, 0.29) is 29.0 Å². The summed E-state index contributed by atoms with van der Waals surface area (Å²) in [5.41, 5.74) is 0.164. The molecule has 0 bridgehead atoms. The monoisotopic (exact) mass is 292 g/mol. The van der Waals surface area contributed by atoms with Crippen LogP contribution in [-0.2, 0) is 0 Å². The minimum atomic E-state index is -0.335. The number of amides is 1. The molecule has 1 amide bonds. The van der Waals surface area contributed by atoms with Gasteiger partial charge in [-0.3, -0.25) is 4.79 Å². The molecule has 1 saturated heterocycles. The summed E-state index contributed by atoms with van der Waals surface area (Å²) in [5, 5.41) is 22.8. The van der Waals surface area contributed by atoms with Crippen molar-refractivity contribution >= 4 is 5.91 Å². The SMILES string of the molecule is CC(C)N(CC1CCNCC1)C(=O)c1cccc(O)c1O. The molecule has 0 aromatic heterocycles. The average Bonchev–Trinajstić information content (AvgIpc) is 2.48. The molecule has 116 valence electrons. The zero-order valence-electron chi connectivity index (χ0n) is 12.7. The summed E-state index contributed by atoms with van der Waals surface area (Å²) in [6.07, 6.45) is 2.12. The van der Waals surface area contributed by atoms with Crippen molar-refractivity contribution in [2.45, 2.75) is 32.7 Å². The second-order valence-electron chi connectivity index (χ2n) is 5.92. The number of para-hydroxylation sites is 1. The Morgan fingerprint density at radius 1 is 1.33 bits per heavy atom. The van der Waals surface area contributed by atoms with Crippen LogP contribution < -0.4 is 5.32 Å². The molecule has 0 unspecified atom stereocenters. The maximum atomic E-state index is 12.7. The van der Waals surface area contributed by atoms with Gasteiger partial charge in [-0.25, -0.2) is 0 Å². The van der Waals surface area contributed by atoms with Crippen molar-refractivity contribution in [2.24, 2.45) is 5.92 Å². The summed E-state index contributed by atoms with van der Waals surface area (Å²) >= 11 is 0. The highest BCUT2D eigenvalue weighted by molar-refractivity contribution is 5.97. The van der Waals surface area contributed by atoms with Crippen LogP contribution >= 0.6 is 0 Å². The quantitative estimate of drug-likeness (QED) is 0.742. The standard InChI is InChI=1S/C16H24N2O3/c1-11(2)18(10-12-6-8-17-9-7-12)16(21)13-4-3-5-14(19)15(13)20/h3-5,11-12,17,19-20H,6-10H2,1-2H3. The molecule has 5 heteroatoms. The molecule has 1 heterocycles. The lowest BCUT2D eigenvalue weighted by Gasteiger charge is -2.33. The van der Waals surface area contributed by atoms with Crippen LogP contribution in [-0.4, -0.2) is 46.7 Å². The topological polar surface area (TPSA) is 72.8 Å². The van der Waals surface area contributed by atoms with Crippen LogP contribution in [0, 0.1) is 5.92 Å². The van der Waals surface area contributed by atoms with Gasteiger partial charge in [0.05, 0.1) is 5.56 Å². The van der Waals surface area contributed by atoms with Crippen LogP contribution in [0.4, 0.5) is 0 Å². The number of aromatic hydroxyl groups is 2. The third kappa shape index (κ3) is 3.67. The molecule has 1 fully saturated rings. The van der Waals surface area contributed by atoms with Gasteiger partial charge in [0.2, 0.25) is 0 Å². The fraction of sp³-hybridized carbons (Fsp3) is 0.562. The van der Waals surface area contributed by atoms with E-state index in [0.717, 1.165) is 25.9 Å². The molecule has 3 N–H and O–H groups in total. The zero-order valence-corrected chi connectivity index (χ0v) is 12.7. The molecule has 1 aromatic carbocycles. The molecular weight excluding hydrogens is 268 g/mol. The Labute approximate surface area is 125 Å². The molecule has 2 rings (SSSR count). The number of phenols is 2. The summed E-state index contributed by atoms with van der Waals surface area (Å²) in [7, 11) is 0. The van der Waals surface area contributed by atoms with E-state index in [9.17, 15) is 15.0 Å². The van der Waals surface area contributed by atoms with Gasteiger partial charge in [0.25, 0.3) is 5.91 Å². The highest BCUT2D eigenvalue weighted by Crippen LogP contribution is 2.30. The van der Waals surface area contributed by atoms with Gasteiger partial charge in [0.1, 0.15) is 0 Å². The second-order valence-corrected chi connectivity index (χ2v) is 5.92. The molecule has 0 spiro atoms. The molecule has 1 aliphatic rings. The second kappa shape index (κ2) is 6.80. The van der Waals surface area contributed by atoms with E-state index in [0.29, 0.717) is 12.5 Å². The van der Waals surface area contributed by atoms with Gasteiger partial charge in [-0.1, -0.05) is 6.07 Å². The van der Waals surface area contributed by atoms with E-state index in [1.165, 1.54) is 6.07 Å². The van der Waals surface area contributed by atoms with Gasteiger partial charge in [-0.05, 0) is 57.8 Å². The van der Waals surface area contributed by atoms with Gasteiger partial charge < -0.3 is 20.4 Å². The van der Waals surface area contributed by atoms with E-state index >= 15 is 0 Å². The first-order valence-corrected chi connectivity index (χ1v) is 7.53. The normalized spacial score (nSPS) is 16.1. The lowest BCUT2D eigenvalue weighted by molar-refractivity contribution is 0.0654. The van der Waals surface area contributed by atoms with Gasteiger partial charge in [-0.2, -0.15) is 0 Å². The molecular formula is C16H24N2O3. The highest BCUT2D eigenvalue weighted by atomic mass is 16.3. The van der Waals surface area contributed by atoms with Gasteiger partial charge in [-0.15, -0.1) is 0 Å². The summed E-state index contributed by atoms with van der Waals surface area (Å²) in [4.78, 5) is 14.5. The number of hydrogen-bond donors (Lipinski definition) is 3. The number of phenolic OH excluding ortho intramolecular Hbond substituents is 2. The first-order chi connectivity index (χ1) is 10.0. The molecule has 1 aromatic rings. The minimum absolute atomic E-state index is 0.0501. The Hall–Kier alpha value is -1.75. The van der Waals surface area contributed by atoms with E-state index in [2.05, 4.69) is 5.32 Å². The van der Waals surface area contributed by atoms with Crippen molar-refractivity contribution in [1.82, 2.24) is 10.2 Å². The molecule has 0 saturated carbocycles. The first kappa shape index (κ1) is 15.6. The van der Waals surface area contributed by atoms with Crippen molar-refractivity contribution < 1.29 is 15.0 Å². The summed E-state index contributed by atoms with van der Waals surface area (Å²) in [5.74, 6) is -0.334. The predicted molar refractivity (Wildman–Crippen MR) is 81.5 cm³/mol. The number of benzene rings is 1. The maximum Gasteiger partial charge on any atom is 0.257 e. The molecule has 0 aliphatic carbocycles. The summed E-state index contributed by atoms with van der Waals surface area (Å²) in [6, 6.07) is 4.55. The van der Waals surface area contributed by atoms with Crippen molar-refractivity contribution in [3.63, 3.8) is 0 Å². The minimum Gasteiger partial charge on any atom is -0.504 e. The first-order valence-electron chi connectivity index (χ1n) is 7.53. The summed E-state index contributed by atoms with van der Waals surface area (Å²) < 4.78 is 0. The summed E-state index contributed by atoms with van der Waals surface area (Å²) in [6.45, 7) is 6.61. The number of carbonyl (C=O) groups excluding carboxylic acids is 1. The Morgan fingerprint density at radius 2 is 2.00 bits per heavy atom. The van der Waals surface area contributed by atoms with Crippen LogP contribution in [0.15, 0.2) is 18.2 Å². The zero-order chi connectivity index (χ0) is 15.4. The van der Waals surface area contributed by atoms with Crippen molar-refractivity contribution in [3.05, 3.63) is 23.8 Å². The Kier molecular flexibility index (Phi) is 5.07. The van der Waals surface area contributed by atoms with Gasteiger partial charge in [0.15, 0.2) is 11.5 Å². The Morgan fingerprint density at radius 3 is 2.62 bits per heavy atom. The molecule has 1 aliphatic heterocycles. The third-order valence-electron chi connectivity index (χ3n) is 4.04. The van der Waals surface area contributed by atoms with Crippen molar-refractivity contribution in [2.75, 3.05) is 19.6 Å². The fourth-order valence-corrected chi connectivity index (χ4v) is 2.73. The van der Waals surface area contributed by atoms with E-state index in [4.69, 9.17) is 0 Å². The lowest BCUT2D eigenvalue weighted by Crippen LogP contribution is -2.43. The number of piperidine rings is 1. The van der Waals surface area contributed by atoms with Crippen LogP contribution in [0.2, 0.25) is 0 Å². The van der Waals surface area contributed by atoms with E-state index in [1.54, 1.807) is 17.0 Å². The largest absolute Gasteiger partial charge is 0.504 e. The Balaban J connectivity index is 2.17. The highest BCUT2D eigenvalue weighted by Gasteiger charge is 2.26. The number of carbonyl (C=O) groups is 1. The maximum absolute atomic E-state index is 12.7. The number of hydrogen-bond acceptors (Lipinski definition) is 4. The van der Waals surface area contributed by atoms with Crippen LogP contribution in [0.1, 0.15) is 37.0 Å². The molecule has 0 atom stereocenters. The molecule has 21 heavy (non-hydrogen) atoms. The smallest absolute Gasteiger partial charge is 0.257 e. The molecule has 0 radical (unpaired) electrons. The van der Waals surface area contributed by atoms with Crippen molar-refractivity contribution in [1.29, 1.82) is 0 Å². The van der Waals surface area contributed by atoms with Crippen LogP contribution in [0.3, 0.4) is 0 Å². The Bertz CT molecular complexity index is 496. The van der Waals surface area contributed by atoms with Crippen LogP contribution in [0.5, 0.6) is 11.5 Å². The van der Waals surface area contributed by atoms with Gasteiger partial charge >= 0.3 is 0 Å².